The van der Waals surface area contributed by atoms with E-state index in [0.29, 0.717) is 24.2 Å². The average Bonchev–Trinajstić information content (AvgIpc) is 3.20. The Balaban J connectivity index is 1.63. The maximum absolute atomic E-state index is 14.1. The van der Waals surface area contributed by atoms with Crippen LogP contribution in [0.25, 0.3) is 0 Å². The van der Waals surface area contributed by atoms with Crippen molar-refractivity contribution in [1.82, 2.24) is 9.88 Å². The molecular formula is C25H24ClF2N3O3. The Hall–Kier alpha value is -3.39. The van der Waals surface area contributed by atoms with Crippen molar-refractivity contribution in [2.45, 2.75) is 26.4 Å². The smallest absolute Gasteiger partial charge is 0.323 e. The number of hydrogen-bond acceptors (Lipinski definition) is 3. The molecular weight excluding hydrogens is 464 g/mol. The number of amides is 2. The molecule has 1 N–H and O–H groups in total. The normalized spacial score (nSPS) is 12.6. The van der Waals surface area contributed by atoms with Crippen LogP contribution in [0.1, 0.15) is 27.9 Å². The number of ether oxygens (including phenoxy) is 1. The van der Waals surface area contributed by atoms with E-state index < -0.39 is 17.2 Å². The van der Waals surface area contributed by atoms with Gasteiger partial charge in [-0.05, 0) is 42.7 Å². The number of rotatable bonds is 5. The number of halogens is 3. The fourth-order valence-corrected chi connectivity index (χ4v) is 4.28. The number of fused-ring (bicyclic) bond motifs is 1. The molecule has 9 heteroatoms. The highest BCUT2D eigenvalue weighted by molar-refractivity contribution is 6.32. The van der Waals surface area contributed by atoms with Crippen LogP contribution in [0.15, 0.2) is 41.2 Å². The highest BCUT2D eigenvalue weighted by Crippen LogP contribution is 2.33. The van der Waals surface area contributed by atoms with E-state index in [1.54, 1.807) is 30.8 Å². The van der Waals surface area contributed by atoms with Gasteiger partial charge in [-0.3, -0.25) is 9.69 Å². The van der Waals surface area contributed by atoms with Gasteiger partial charge in [-0.25, -0.2) is 13.6 Å². The predicted octanol–water partition coefficient (Wildman–Crippen LogP) is 4.83. The largest absolute Gasteiger partial charge is 0.487 e. The average molecular weight is 488 g/mol. The summed E-state index contributed by atoms with van der Waals surface area (Å²) >= 11 is 6.27. The quantitative estimate of drug-likeness (QED) is 0.560. The Morgan fingerprint density at radius 1 is 1.21 bits per heavy atom. The van der Waals surface area contributed by atoms with Crippen molar-refractivity contribution >= 4 is 23.3 Å². The molecule has 2 heterocycles. The fourth-order valence-electron chi connectivity index (χ4n) is 4.07. The molecule has 34 heavy (non-hydrogen) atoms. The van der Waals surface area contributed by atoms with E-state index >= 15 is 0 Å². The molecule has 3 aromatic rings. The summed E-state index contributed by atoms with van der Waals surface area (Å²) in [5.74, 6) is -1.26. The first kappa shape index (κ1) is 23.8. The van der Waals surface area contributed by atoms with Crippen molar-refractivity contribution in [3.63, 3.8) is 0 Å². The summed E-state index contributed by atoms with van der Waals surface area (Å²) in [5, 5.41) is -0.132. The number of hydrogen-bond donors (Lipinski definition) is 1. The Morgan fingerprint density at radius 2 is 1.97 bits per heavy atom. The van der Waals surface area contributed by atoms with Gasteiger partial charge >= 0.3 is 6.03 Å². The minimum absolute atomic E-state index is 0.0709. The summed E-state index contributed by atoms with van der Waals surface area (Å²) in [5.41, 5.74) is 3.74. The monoisotopic (exact) mass is 487 g/mol. The first-order valence-electron chi connectivity index (χ1n) is 10.7. The highest BCUT2D eigenvalue weighted by atomic mass is 35.5. The number of urea groups is 1. The van der Waals surface area contributed by atoms with Crippen molar-refractivity contribution in [2.24, 2.45) is 0 Å². The molecule has 0 bridgehead atoms. The van der Waals surface area contributed by atoms with Crippen molar-refractivity contribution in [3.8, 4) is 5.75 Å². The first-order valence-corrected chi connectivity index (χ1v) is 11.1. The second kappa shape index (κ2) is 9.46. The lowest BCUT2D eigenvalue weighted by atomic mass is 10.00. The molecule has 0 aliphatic carbocycles. The van der Waals surface area contributed by atoms with E-state index in [-0.39, 0.29) is 29.0 Å². The molecule has 0 saturated carbocycles. The zero-order valence-electron chi connectivity index (χ0n) is 19.0. The van der Waals surface area contributed by atoms with Gasteiger partial charge < -0.3 is 14.6 Å². The summed E-state index contributed by atoms with van der Waals surface area (Å²) in [4.78, 5) is 30.7. The van der Waals surface area contributed by atoms with Gasteiger partial charge in [0.05, 0.1) is 0 Å². The van der Waals surface area contributed by atoms with Gasteiger partial charge in [0.2, 0.25) is 0 Å². The summed E-state index contributed by atoms with van der Waals surface area (Å²) in [6.07, 6.45) is 1.14. The number of pyridine rings is 1. The topological polar surface area (TPSA) is 65.6 Å². The van der Waals surface area contributed by atoms with Crippen LogP contribution in [0.2, 0.25) is 5.02 Å². The van der Waals surface area contributed by atoms with Crippen molar-refractivity contribution in [3.05, 3.63) is 91.4 Å². The van der Waals surface area contributed by atoms with E-state index in [4.69, 9.17) is 16.3 Å². The van der Waals surface area contributed by atoms with Crippen molar-refractivity contribution in [2.75, 3.05) is 25.5 Å². The number of carbonyl (C=O) groups excluding carboxylic acids is 1. The second-order valence-corrected chi connectivity index (χ2v) is 8.82. The summed E-state index contributed by atoms with van der Waals surface area (Å²) < 4.78 is 33.1. The molecule has 0 atom stereocenters. The molecule has 0 fully saturated rings. The number of H-pyrrole nitrogens is 1. The number of carbonyl (C=O) groups is 1. The van der Waals surface area contributed by atoms with Gasteiger partial charge in [0.15, 0.2) is 0 Å². The minimum Gasteiger partial charge on any atom is -0.487 e. The van der Waals surface area contributed by atoms with E-state index in [0.717, 1.165) is 35.4 Å². The number of benzene rings is 2. The molecule has 2 aromatic carbocycles. The standard InChI is InChI=1S/C25H24ClF2N3O3/c1-14-19(11-15-4-7-21-16(10-15)8-9-31(21)25(33)30(2)3)23(22(26)24(32)29-14)34-13-17-5-6-18(27)12-20(17)28/h4-7,10,12H,8-9,11,13H2,1-3H3,(H,29,32). The summed E-state index contributed by atoms with van der Waals surface area (Å²) in [7, 11) is 3.44. The summed E-state index contributed by atoms with van der Waals surface area (Å²) in [6, 6.07) is 9.00. The molecule has 1 aliphatic rings. The van der Waals surface area contributed by atoms with Gasteiger partial charge in [-0.15, -0.1) is 0 Å². The van der Waals surface area contributed by atoms with Gasteiger partial charge in [-0.1, -0.05) is 23.7 Å². The molecule has 178 valence electrons. The van der Waals surface area contributed by atoms with E-state index in [1.807, 2.05) is 18.2 Å². The van der Waals surface area contributed by atoms with Crippen LogP contribution in [0, 0.1) is 18.6 Å². The maximum Gasteiger partial charge on any atom is 0.323 e. The molecule has 1 aromatic heterocycles. The number of nitrogens with one attached hydrogen (secondary N) is 1. The number of aromatic nitrogens is 1. The molecule has 0 saturated heterocycles. The lowest BCUT2D eigenvalue weighted by Crippen LogP contribution is -2.38. The molecule has 1 aliphatic heterocycles. The number of aryl methyl sites for hydroxylation is 1. The number of aromatic amines is 1. The van der Waals surface area contributed by atoms with E-state index in [9.17, 15) is 18.4 Å². The fraction of sp³-hybridized carbons (Fsp3) is 0.280. The molecule has 6 nitrogen and oxygen atoms in total. The van der Waals surface area contributed by atoms with Gasteiger partial charge in [0.25, 0.3) is 5.56 Å². The molecule has 2 amide bonds. The molecule has 0 spiro atoms. The SMILES string of the molecule is Cc1[nH]c(=O)c(Cl)c(OCc2ccc(F)cc2F)c1Cc1ccc2c(c1)CCN2C(=O)N(C)C. The van der Waals surface area contributed by atoms with Gasteiger partial charge in [-0.2, -0.15) is 0 Å². The third kappa shape index (κ3) is 4.63. The first-order chi connectivity index (χ1) is 16.2. The lowest BCUT2D eigenvalue weighted by molar-refractivity contribution is 0.224. The summed E-state index contributed by atoms with van der Waals surface area (Å²) in [6.45, 7) is 2.13. The van der Waals surface area contributed by atoms with Crippen molar-refractivity contribution in [1.29, 1.82) is 0 Å². The molecule has 0 radical (unpaired) electrons. The van der Waals surface area contributed by atoms with Crippen LogP contribution in [0.3, 0.4) is 0 Å². The number of anilines is 1. The van der Waals surface area contributed by atoms with Crippen LogP contribution in [-0.2, 0) is 19.4 Å². The Morgan fingerprint density at radius 3 is 2.68 bits per heavy atom. The molecule has 4 rings (SSSR count). The Kier molecular flexibility index (Phi) is 6.61. The Bertz CT molecular complexity index is 1320. The third-order valence-electron chi connectivity index (χ3n) is 5.85. The van der Waals surface area contributed by atoms with E-state index in [2.05, 4.69) is 4.98 Å². The van der Waals surface area contributed by atoms with Crippen molar-refractivity contribution < 1.29 is 18.3 Å². The zero-order valence-corrected chi connectivity index (χ0v) is 19.8. The van der Waals surface area contributed by atoms with Crippen LogP contribution in [0.4, 0.5) is 19.3 Å². The predicted molar refractivity (Wildman–Crippen MR) is 127 cm³/mol. The third-order valence-corrected chi connectivity index (χ3v) is 6.19. The van der Waals surface area contributed by atoms with Crippen LogP contribution >= 0.6 is 11.6 Å². The van der Waals surface area contributed by atoms with Gasteiger partial charge in [0.1, 0.15) is 29.0 Å². The number of nitrogens with zero attached hydrogens (tertiary/aromatic N) is 2. The Labute approximate surface area is 200 Å². The van der Waals surface area contributed by atoms with E-state index in [1.165, 1.54) is 6.07 Å². The lowest BCUT2D eigenvalue weighted by Gasteiger charge is -2.22. The van der Waals surface area contributed by atoms with Crippen LogP contribution < -0.4 is 15.2 Å². The van der Waals surface area contributed by atoms with Gasteiger partial charge in [0, 0.05) is 55.6 Å². The maximum atomic E-state index is 14.1. The minimum atomic E-state index is -0.741. The highest BCUT2D eigenvalue weighted by Gasteiger charge is 2.26. The van der Waals surface area contributed by atoms with Crippen LogP contribution in [-0.4, -0.2) is 36.6 Å². The second-order valence-electron chi connectivity index (χ2n) is 8.44. The molecule has 0 unspecified atom stereocenters. The van der Waals surface area contributed by atoms with Crippen LogP contribution in [0.5, 0.6) is 5.75 Å². The zero-order chi connectivity index (χ0) is 24.6.